The molecule has 0 aromatic carbocycles. The van der Waals surface area contributed by atoms with Gasteiger partial charge in [-0.15, -0.1) is 0 Å². The monoisotopic (exact) mass is 290 g/mol. The van der Waals surface area contributed by atoms with Gasteiger partial charge < -0.3 is 19.3 Å². The predicted molar refractivity (Wildman–Crippen MR) is 82.1 cm³/mol. The van der Waals surface area contributed by atoms with E-state index in [1.807, 2.05) is 0 Å². The van der Waals surface area contributed by atoms with Gasteiger partial charge in [0.05, 0.1) is 13.2 Å². The molecule has 0 aliphatic carbocycles. The Morgan fingerprint density at radius 1 is 0.800 bits per heavy atom. The number of ether oxygens (including phenoxy) is 3. The lowest BCUT2D eigenvalue weighted by Gasteiger charge is -2.22. The first-order chi connectivity index (χ1) is 9.79. The molecule has 0 spiro atoms. The summed E-state index contributed by atoms with van der Waals surface area (Å²) in [6, 6.07) is 0. The Bertz CT molecular complexity index is 183. The Morgan fingerprint density at radius 2 is 1.35 bits per heavy atom. The summed E-state index contributed by atoms with van der Waals surface area (Å²) in [5.74, 6) is 0. The maximum Gasteiger partial charge on any atom is 0.109 e. The molecule has 0 aromatic heterocycles. The summed E-state index contributed by atoms with van der Waals surface area (Å²) in [6.07, 6.45) is 9.90. The smallest absolute Gasteiger partial charge is 0.109 e. The van der Waals surface area contributed by atoms with Crippen LogP contribution >= 0.6 is 0 Å². The Labute approximate surface area is 124 Å². The van der Waals surface area contributed by atoms with Crippen LogP contribution < -0.4 is 0 Å². The van der Waals surface area contributed by atoms with Gasteiger partial charge in [0.2, 0.25) is 0 Å². The van der Waals surface area contributed by atoms with E-state index in [9.17, 15) is 0 Å². The molecule has 0 radical (unpaired) electrons. The Hall–Kier alpha value is -0.160. The molecular weight excluding hydrogens is 256 g/mol. The van der Waals surface area contributed by atoms with Crippen molar-refractivity contribution < 1.29 is 19.3 Å². The van der Waals surface area contributed by atoms with Crippen molar-refractivity contribution in [1.29, 1.82) is 0 Å². The number of methoxy groups -OCH3 is 2. The molecule has 0 saturated carbocycles. The molecule has 2 unspecified atom stereocenters. The van der Waals surface area contributed by atoms with Crippen LogP contribution in [0.4, 0.5) is 0 Å². The van der Waals surface area contributed by atoms with Gasteiger partial charge in [0.25, 0.3) is 0 Å². The molecule has 0 saturated heterocycles. The minimum Gasteiger partial charge on any atom is -0.394 e. The highest BCUT2D eigenvalue weighted by molar-refractivity contribution is 4.68. The fraction of sp³-hybridized carbons (Fsp3) is 1.00. The van der Waals surface area contributed by atoms with Crippen molar-refractivity contribution in [2.75, 3.05) is 34.0 Å². The van der Waals surface area contributed by atoms with E-state index in [0.717, 1.165) is 13.0 Å². The first-order valence-electron chi connectivity index (χ1n) is 8.04. The first kappa shape index (κ1) is 19.8. The lowest BCUT2D eigenvalue weighted by molar-refractivity contribution is -0.0919. The van der Waals surface area contributed by atoms with Gasteiger partial charge in [0.1, 0.15) is 12.2 Å². The van der Waals surface area contributed by atoms with Crippen LogP contribution in [0.3, 0.4) is 0 Å². The average Bonchev–Trinajstić information content (AvgIpc) is 2.48. The van der Waals surface area contributed by atoms with E-state index in [0.29, 0.717) is 6.61 Å². The highest BCUT2D eigenvalue weighted by atomic mass is 16.6. The number of rotatable bonds is 15. The molecule has 0 aliphatic heterocycles. The van der Waals surface area contributed by atoms with Crippen LogP contribution in [0.2, 0.25) is 0 Å². The quantitative estimate of drug-likeness (QED) is 0.471. The number of hydrogen-bond acceptors (Lipinski definition) is 4. The van der Waals surface area contributed by atoms with Crippen molar-refractivity contribution in [3.63, 3.8) is 0 Å². The second kappa shape index (κ2) is 15.2. The molecule has 1 N–H and O–H groups in total. The van der Waals surface area contributed by atoms with Gasteiger partial charge in [-0.1, -0.05) is 51.9 Å². The second-order valence-corrected chi connectivity index (χ2v) is 5.28. The van der Waals surface area contributed by atoms with Crippen molar-refractivity contribution in [3.8, 4) is 0 Å². The Balaban J connectivity index is 3.37. The van der Waals surface area contributed by atoms with E-state index < -0.39 is 0 Å². The molecular formula is C16H34O4. The summed E-state index contributed by atoms with van der Waals surface area (Å²) in [5, 5.41) is 9.13. The van der Waals surface area contributed by atoms with Gasteiger partial charge in [0, 0.05) is 20.8 Å². The molecule has 0 heterocycles. The zero-order chi connectivity index (χ0) is 15.1. The average molecular weight is 290 g/mol. The van der Waals surface area contributed by atoms with Crippen molar-refractivity contribution in [2.45, 2.75) is 70.5 Å². The van der Waals surface area contributed by atoms with Crippen molar-refractivity contribution >= 4 is 0 Å². The van der Waals surface area contributed by atoms with Crippen LogP contribution in [0.15, 0.2) is 0 Å². The molecule has 122 valence electrons. The molecule has 0 rings (SSSR count). The summed E-state index contributed by atoms with van der Waals surface area (Å²) in [7, 11) is 3.19. The number of aliphatic hydroxyl groups excluding tert-OH is 1. The third-order valence-electron chi connectivity index (χ3n) is 3.62. The molecule has 0 fully saturated rings. The topological polar surface area (TPSA) is 47.9 Å². The number of hydrogen-bond donors (Lipinski definition) is 1. The maximum absolute atomic E-state index is 9.13. The fourth-order valence-corrected chi connectivity index (χ4v) is 2.21. The molecule has 0 aromatic rings. The summed E-state index contributed by atoms with van der Waals surface area (Å²) in [5.41, 5.74) is 0. The maximum atomic E-state index is 9.13. The van der Waals surface area contributed by atoms with E-state index in [2.05, 4.69) is 6.92 Å². The lowest BCUT2D eigenvalue weighted by Crippen LogP contribution is -2.36. The van der Waals surface area contributed by atoms with Crippen LogP contribution in [0.25, 0.3) is 0 Å². The van der Waals surface area contributed by atoms with E-state index >= 15 is 0 Å². The minimum absolute atomic E-state index is 0.0455. The molecule has 20 heavy (non-hydrogen) atoms. The largest absolute Gasteiger partial charge is 0.394 e. The van der Waals surface area contributed by atoms with Gasteiger partial charge in [0.15, 0.2) is 0 Å². The van der Waals surface area contributed by atoms with E-state index in [1.54, 1.807) is 14.2 Å². The Kier molecular flexibility index (Phi) is 15.1. The SMILES string of the molecule is CCCCCCCCCCOCC(OC)C(CO)OC. The Morgan fingerprint density at radius 3 is 1.85 bits per heavy atom. The first-order valence-corrected chi connectivity index (χ1v) is 8.04. The van der Waals surface area contributed by atoms with Crippen LogP contribution in [-0.2, 0) is 14.2 Å². The van der Waals surface area contributed by atoms with Gasteiger partial charge >= 0.3 is 0 Å². The third-order valence-corrected chi connectivity index (χ3v) is 3.62. The van der Waals surface area contributed by atoms with Crippen molar-refractivity contribution in [3.05, 3.63) is 0 Å². The normalized spacial score (nSPS) is 14.4. The van der Waals surface area contributed by atoms with Crippen LogP contribution in [0.5, 0.6) is 0 Å². The van der Waals surface area contributed by atoms with Crippen LogP contribution in [-0.4, -0.2) is 51.4 Å². The molecule has 4 nitrogen and oxygen atoms in total. The lowest BCUT2D eigenvalue weighted by atomic mass is 10.1. The minimum atomic E-state index is -0.307. The fourth-order valence-electron chi connectivity index (χ4n) is 2.21. The molecule has 2 atom stereocenters. The molecule has 4 heteroatoms. The van der Waals surface area contributed by atoms with Gasteiger partial charge in [-0.05, 0) is 6.42 Å². The van der Waals surface area contributed by atoms with E-state index in [1.165, 1.54) is 44.9 Å². The standard InChI is InChI=1S/C16H34O4/c1-4-5-6-7-8-9-10-11-12-20-14-16(19-3)15(13-17)18-2/h15-17H,4-14H2,1-3H3. The number of unbranched alkanes of at least 4 members (excludes halogenated alkanes) is 7. The third kappa shape index (κ3) is 10.6. The highest BCUT2D eigenvalue weighted by Crippen LogP contribution is 2.09. The van der Waals surface area contributed by atoms with E-state index in [-0.39, 0.29) is 18.8 Å². The number of aliphatic hydroxyl groups is 1. The summed E-state index contributed by atoms with van der Waals surface area (Å²) in [4.78, 5) is 0. The van der Waals surface area contributed by atoms with Gasteiger partial charge in [-0.2, -0.15) is 0 Å². The van der Waals surface area contributed by atoms with E-state index in [4.69, 9.17) is 19.3 Å². The van der Waals surface area contributed by atoms with Crippen LogP contribution in [0, 0.1) is 0 Å². The zero-order valence-corrected chi connectivity index (χ0v) is 13.6. The summed E-state index contributed by atoms with van der Waals surface area (Å²) >= 11 is 0. The summed E-state index contributed by atoms with van der Waals surface area (Å²) in [6.45, 7) is 3.44. The van der Waals surface area contributed by atoms with Crippen LogP contribution in [0.1, 0.15) is 58.3 Å². The predicted octanol–water partition coefficient (Wildman–Crippen LogP) is 3.17. The van der Waals surface area contributed by atoms with Gasteiger partial charge in [-0.3, -0.25) is 0 Å². The zero-order valence-electron chi connectivity index (χ0n) is 13.6. The van der Waals surface area contributed by atoms with Crippen molar-refractivity contribution in [1.82, 2.24) is 0 Å². The molecule has 0 aliphatic rings. The van der Waals surface area contributed by atoms with Gasteiger partial charge in [-0.25, -0.2) is 0 Å². The molecule has 0 amide bonds. The van der Waals surface area contributed by atoms with Crippen molar-refractivity contribution in [2.24, 2.45) is 0 Å². The highest BCUT2D eigenvalue weighted by Gasteiger charge is 2.20. The summed E-state index contributed by atoms with van der Waals surface area (Å²) < 4.78 is 16.0. The second-order valence-electron chi connectivity index (χ2n) is 5.28. The molecule has 0 bridgehead atoms.